The minimum Gasteiger partial charge on any atom is -0.354 e. The number of pyridine rings is 1. The fourth-order valence-electron chi connectivity index (χ4n) is 2.53. The smallest absolute Gasteiger partial charge is 0.224 e. The number of benzene rings is 1. The molecule has 0 aliphatic carbocycles. The molecule has 0 saturated carbocycles. The Morgan fingerprint density at radius 2 is 1.92 bits per heavy atom. The Labute approximate surface area is 142 Å². The molecule has 5 heteroatoms. The number of aromatic nitrogens is 3. The van der Waals surface area contributed by atoms with Gasteiger partial charge in [0.05, 0.1) is 11.2 Å². The fourth-order valence-corrected chi connectivity index (χ4v) is 2.53. The van der Waals surface area contributed by atoms with E-state index in [1.807, 2.05) is 31.2 Å². The molecule has 124 valence electrons. The van der Waals surface area contributed by atoms with E-state index in [4.69, 9.17) is 0 Å². The van der Waals surface area contributed by atoms with Crippen molar-refractivity contribution in [1.29, 1.82) is 0 Å². The van der Waals surface area contributed by atoms with Crippen LogP contribution < -0.4 is 10.6 Å². The van der Waals surface area contributed by atoms with Gasteiger partial charge in [-0.05, 0) is 31.4 Å². The zero-order valence-electron chi connectivity index (χ0n) is 14.4. The van der Waals surface area contributed by atoms with Crippen LogP contribution >= 0.6 is 0 Å². The van der Waals surface area contributed by atoms with Gasteiger partial charge in [-0.2, -0.15) is 4.98 Å². The van der Waals surface area contributed by atoms with Gasteiger partial charge >= 0.3 is 0 Å². The third-order valence-corrected chi connectivity index (χ3v) is 3.75. The summed E-state index contributed by atoms with van der Waals surface area (Å²) in [6, 6.07) is 12.0. The second-order valence-corrected chi connectivity index (χ2v) is 6.33. The number of nitrogens with one attached hydrogen (secondary N) is 2. The van der Waals surface area contributed by atoms with Gasteiger partial charge in [-0.25, -0.2) is 4.98 Å². The van der Waals surface area contributed by atoms with Gasteiger partial charge in [0.1, 0.15) is 5.82 Å². The van der Waals surface area contributed by atoms with Crippen LogP contribution in [-0.4, -0.2) is 21.5 Å². The van der Waals surface area contributed by atoms with Crippen molar-refractivity contribution in [1.82, 2.24) is 15.0 Å². The van der Waals surface area contributed by atoms with E-state index in [2.05, 4.69) is 51.6 Å². The lowest BCUT2D eigenvalue weighted by Gasteiger charge is -2.12. The van der Waals surface area contributed by atoms with Gasteiger partial charge in [0.25, 0.3) is 0 Å². The summed E-state index contributed by atoms with van der Waals surface area (Å²) < 4.78 is 0. The summed E-state index contributed by atoms with van der Waals surface area (Å²) in [6.45, 7) is 7.26. The maximum atomic E-state index is 4.57. The molecular weight excluding hydrogens is 298 g/mol. The highest BCUT2D eigenvalue weighted by Gasteiger charge is 2.06. The fraction of sp³-hybridized carbons (Fsp3) is 0.316. The molecule has 0 aliphatic heterocycles. The average Bonchev–Trinajstić information content (AvgIpc) is 2.54. The molecule has 0 fully saturated rings. The number of hydrogen-bond donors (Lipinski definition) is 2. The molecule has 2 N–H and O–H groups in total. The van der Waals surface area contributed by atoms with E-state index in [-0.39, 0.29) is 0 Å². The third-order valence-electron chi connectivity index (χ3n) is 3.75. The highest BCUT2D eigenvalue weighted by molar-refractivity contribution is 5.91. The van der Waals surface area contributed by atoms with Crippen LogP contribution in [0.1, 0.15) is 26.0 Å². The van der Waals surface area contributed by atoms with Crippen molar-refractivity contribution in [3.63, 3.8) is 0 Å². The highest BCUT2D eigenvalue weighted by atomic mass is 15.1. The second-order valence-electron chi connectivity index (χ2n) is 6.33. The maximum absolute atomic E-state index is 4.57. The molecule has 0 aliphatic rings. The molecule has 0 bridgehead atoms. The van der Waals surface area contributed by atoms with Gasteiger partial charge < -0.3 is 10.6 Å². The van der Waals surface area contributed by atoms with E-state index in [9.17, 15) is 0 Å². The van der Waals surface area contributed by atoms with E-state index in [0.29, 0.717) is 11.9 Å². The first-order chi connectivity index (χ1) is 11.6. The third kappa shape index (κ3) is 3.98. The molecule has 3 aromatic rings. The van der Waals surface area contributed by atoms with E-state index in [1.165, 1.54) is 0 Å². The van der Waals surface area contributed by atoms with Gasteiger partial charge in [0, 0.05) is 29.9 Å². The zero-order chi connectivity index (χ0) is 16.9. The van der Waals surface area contributed by atoms with Crippen LogP contribution in [0.2, 0.25) is 0 Å². The van der Waals surface area contributed by atoms with E-state index in [1.54, 1.807) is 6.20 Å². The van der Waals surface area contributed by atoms with E-state index >= 15 is 0 Å². The molecule has 0 atom stereocenters. The lowest BCUT2D eigenvalue weighted by Crippen LogP contribution is -2.09. The largest absolute Gasteiger partial charge is 0.354 e. The SMILES string of the molecule is Cc1cc(Nc2cccc3cccnc23)nc(NCCC(C)C)n1. The monoisotopic (exact) mass is 321 g/mol. The quantitative estimate of drug-likeness (QED) is 0.698. The molecule has 1 aromatic carbocycles. The zero-order valence-corrected chi connectivity index (χ0v) is 14.4. The van der Waals surface area contributed by atoms with Crippen LogP contribution in [0, 0.1) is 12.8 Å². The Morgan fingerprint density at radius 3 is 2.75 bits per heavy atom. The molecule has 3 rings (SSSR count). The highest BCUT2D eigenvalue weighted by Crippen LogP contribution is 2.24. The van der Waals surface area contributed by atoms with Crippen LogP contribution in [0.3, 0.4) is 0 Å². The summed E-state index contributed by atoms with van der Waals surface area (Å²) in [4.78, 5) is 13.5. The van der Waals surface area contributed by atoms with Gasteiger partial charge in [-0.15, -0.1) is 0 Å². The van der Waals surface area contributed by atoms with Crippen LogP contribution in [0.15, 0.2) is 42.6 Å². The number of anilines is 3. The summed E-state index contributed by atoms with van der Waals surface area (Å²) in [5, 5.41) is 7.78. The Balaban J connectivity index is 1.82. The second kappa shape index (κ2) is 7.25. The molecule has 0 saturated heterocycles. The summed E-state index contributed by atoms with van der Waals surface area (Å²) in [5.41, 5.74) is 2.80. The Hall–Kier alpha value is -2.69. The lowest BCUT2D eigenvalue weighted by atomic mass is 10.1. The van der Waals surface area contributed by atoms with Crippen molar-refractivity contribution in [2.45, 2.75) is 27.2 Å². The molecule has 0 amide bonds. The van der Waals surface area contributed by atoms with Crippen molar-refractivity contribution >= 4 is 28.4 Å². The van der Waals surface area contributed by atoms with Gasteiger partial charge in [0.15, 0.2) is 0 Å². The Bertz CT molecular complexity index is 824. The van der Waals surface area contributed by atoms with Crippen molar-refractivity contribution in [2.24, 2.45) is 5.92 Å². The summed E-state index contributed by atoms with van der Waals surface area (Å²) in [6.07, 6.45) is 2.89. The van der Waals surface area contributed by atoms with Crippen molar-refractivity contribution < 1.29 is 0 Å². The number of rotatable bonds is 6. The first-order valence-corrected chi connectivity index (χ1v) is 8.32. The molecule has 24 heavy (non-hydrogen) atoms. The van der Waals surface area contributed by atoms with Crippen molar-refractivity contribution in [3.8, 4) is 0 Å². The van der Waals surface area contributed by atoms with Crippen LogP contribution in [-0.2, 0) is 0 Å². The van der Waals surface area contributed by atoms with Gasteiger partial charge in [-0.1, -0.05) is 32.0 Å². The first-order valence-electron chi connectivity index (χ1n) is 8.32. The van der Waals surface area contributed by atoms with Crippen LogP contribution in [0.4, 0.5) is 17.5 Å². The molecule has 2 heterocycles. The van der Waals surface area contributed by atoms with Crippen LogP contribution in [0.25, 0.3) is 10.9 Å². The van der Waals surface area contributed by atoms with E-state index in [0.717, 1.165) is 41.1 Å². The first kappa shape index (κ1) is 16.2. The Morgan fingerprint density at radius 1 is 1.08 bits per heavy atom. The summed E-state index contributed by atoms with van der Waals surface area (Å²) >= 11 is 0. The predicted molar refractivity (Wildman–Crippen MR) is 99.7 cm³/mol. The van der Waals surface area contributed by atoms with Gasteiger partial charge in [-0.3, -0.25) is 4.98 Å². The summed E-state index contributed by atoms with van der Waals surface area (Å²) in [7, 11) is 0. The molecule has 5 nitrogen and oxygen atoms in total. The molecule has 0 radical (unpaired) electrons. The number of para-hydroxylation sites is 1. The topological polar surface area (TPSA) is 62.7 Å². The van der Waals surface area contributed by atoms with Crippen molar-refractivity contribution in [2.75, 3.05) is 17.2 Å². The average molecular weight is 321 g/mol. The number of fused-ring (bicyclic) bond motifs is 1. The van der Waals surface area contributed by atoms with Crippen molar-refractivity contribution in [3.05, 3.63) is 48.3 Å². The number of nitrogens with zero attached hydrogens (tertiary/aromatic N) is 3. The molecular formula is C19H23N5. The standard InChI is InChI=1S/C19H23N5/c1-13(2)9-11-21-19-22-14(3)12-17(24-19)23-16-8-4-6-15-7-5-10-20-18(15)16/h4-8,10,12-13H,9,11H2,1-3H3,(H2,21,22,23,24). The number of hydrogen-bond acceptors (Lipinski definition) is 5. The lowest BCUT2D eigenvalue weighted by molar-refractivity contribution is 0.606. The Kier molecular flexibility index (Phi) is 4.89. The van der Waals surface area contributed by atoms with E-state index < -0.39 is 0 Å². The molecule has 0 unspecified atom stereocenters. The minimum absolute atomic E-state index is 0.654. The predicted octanol–water partition coefficient (Wildman–Crippen LogP) is 4.53. The summed E-state index contributed by atoms with van der Waals surface area (Å²) in [5.74, 6) is 2.08. The van der Waals surface area contributed by atoms with Crippen LogP contribution in [0.5, 0.6) is 0 Å². The molecule has 0 spiro atoms. The number of aryl methyl sites for hydroxylation is 1. The minimum atomic E-state index is 0.654. The maximum Gasteiger partial charge on any atom is 0.224 e. The molecule has 2 aromatic heterocycles. The van der Waals surface area contributed by atoms with Gasteiger partial charge in [0.2, 0.25) is 5.95 Å². The normalized spacial score (nSPS) is 11.0.